The number of rotatable bonds is 10. The number of furan rings is 2. The van der Waals surface area contributed by atoms with Crippen LogP contribution in [0.2, 0.25) is 0 Å². The smallest absolute Gasteiger partial charge is 0.159 e. The van der Waals surface area contributed by atoms with Crippen molar-refractivity contribution in [2.75, 3.05) is 9.80 Å². The Morgan fingerprint density at radius 3 is 1.33 bits per heavy atom. The first-order valence-corrected chi connectivity index (χ1v) is 29.0. The highest BCUT2D eigenvalue weighted by molar-refractivity contribution is 6.27. The molecule has 0 spiro atoms. The lowest BCUT2D eigenvalue weighted by atomic mass is 9.86. The maximum absolute atomic E-state index is 6.98. The van der Waals surface area contributed by atoms with Gasteiger partial charge < -0.3 is 23.0 Å². The molecule has 0 aliphatic carbocycles. The highest BCUT2D eigenvalue weighted by Gasteiger charge is 2.26. The highest BCUT2D eigenvalue weighted by Crippen LogP contribution is 2.49. The molecule has 82 heavy (non-hydrogen) atoms. The van der Waals surface area contributed by atoms with Crippen molar-refractivity contribution in [3.8, 4) is 11.1 Å². The zero-order valence-corrected chi connectivity index (χ0v) is 46.7. The summed E-state index contributed by atoms with van der Waals surface area (Å²) in [5.41, 5.74) is 19.8. The fourth-order valence-electron chi connectivity index (χ4n) is 13.4. The van der Waals surface area contributed by atoms with Gasteiger partial charge in [0.2, 0.25) is 0 Å². The van der Waals surface area contributed by atoms with Crippen LogP contribution < -0.4 is 9.80 Å². The molecule has 0 saturated carbocycles. The summed E-state index contributed by atoms with van der Waals surface area (Å²) in [6, 6.07) is 85.3. The van der Waals surface area contributed by atoms with Gasteiger partial charge in [-0.15, -0.1) is 0 Å². The summed E-state index contributed by atoms with van der Waals surface area (Å²) >= 11 is 0. The maximum atomic E-state index is 6.98. The number of hydrogen-bond donors (Lipinski definition) is 0. The van der Waals surface area contributed by atoms with Gasteiger partial charge in [0, 0.05) is 65.8 Å². The number of aryl methyl sites for hydroxylation is 2. The molecule has 0 amide bonds. The van der Waals surface area contributed by atoms with E-state index in [0.29, 0.717) is 0 Å². The normalized spacial score (nSPS) is 12.4. The maximum Gasteiger partial charge on any atom is 0.159 e. The van der Waals surface area contributed by atoms with Crippen molar-refractivity contribution in [2.24, 2.45) is 0 Å². The van der Waals surface area contributed by atoms with Crippen LogP contribution >= 0.6 is 0 Å². The molecule has 5 heteroatoms. The van der Waals surface area contributed by atoms with Crippen LogP contribution in [0.3, 0.4) is 0 Å². The second-order valence-electron chi connectivity index (χ2n) is 23.4. The third-order valence-corrected chi connectivity index (χ3v) is 17.5. The fraction of sp³-hybridized carbons (Fsp3) is 0.117. The van der Waals surface area contributed by atoms with Crippen LogP contribution in [0.4, 0.5) is 34.1 Å². The van der Waals surface area contributed by atoms with E-state index < -0.39 is 0 Å². The second kappa shape index (κ2) is 18.4. The van der Waals surface area contributed by atoms with Crippen molar-refractivity contribution in [1.82, 2.24) is 4.40 Å². The van der Waals surface area contributed by atoms with Gasteiger partial charge in [0.1, 0.15) is 11.2 Å². The van der Waals surface area contributed by atoms with E-state index >= 15 is 0 Å². The zero-order valence-electron chi connectivity index (χ0n) is 46.7. The van der Waals surface area contributed by atoms with E-state index in [1.807, 2.05) is 0 Å². The Hall–Kier alpha value is -9.84. The Morgan fingerprint density at radius 2 is 0.841 bits per heavy atom. The Labute approximate surface area is 475 Å². The first-order valence-electron chi connectivity index (χ1n) is 29.0. The molecule has 0 saturated heterocycles. The Balaban J connectivity index is 0.922. The summed E-state index contributed by atoms with van der Waals surface area (Å²) in [5.74, 6) is 0. The van der Waals surface area contributed by atoms with Gasteiger partial charge >= 0.3 is 0 Å². The number of aromatic nitrogens is 1. The van der Waals surface area contributed by atoms with Gasteiger partial charge in [0.15, 0.2) is 11.2 Å². The summed E-state index contributed by atoms with van der Waals surface area (Å²) in [6.45, 7) is 11.3. The van der Waals surface area contributed by atoms with Crippen LogP contribution in [-0.2, 0) is 18.3 Å². The number of benzene rings is 12. The SMILES string of the molecule is CCCc1cccc2c1oc1c(N(c3ccccc3)c3ccc4cc5c6cc(-c7ccc(C(C)(C)C)cc7)cc7c8cc9ccc(N(c%10ccccc%10)c%10cccc%11c%10oc%10c(CC)cccc%10%11)cc9cc8n(c5cc4c3)c76)cccc12. The first kappa shape index (κ1) is 48.1. The minimum atomic E-state index is 0.0551. The molecule has 0 bridgehead atoms. The average molecular weight is 1060 g/mol. The molecule has 4 aromatic heterocycles. The van der Waals surface area contributed by atoms with Gasteiger partial charge in [-0.25, -0.2) is 0 Å². The van der Waals surface area contributed by atoms with E-state index in [1.54, 1.807) is 0 Å². The topological polar surface area (TPSA) is 37.2 Å². The standard InChI is InChI=1S/C77H59N3O2/c1-6-18-49-20-15-26-61-63-28-17-30-69(76(63)82-74(49)61)79(57-23-12-9-13-24-57)59-38-34-51-42-65-67-44-54(48-31-35-55(36-32-48)77(3,4)5)43-66-64-41-50-33-37-58(39-52(50)45-70(64)80(72(66)67)71(65)46-53(51)40-59)78(56-21-10-8-11-22-56)68-29-16-27-62-60-25-14-19-47(7-2)73(60)81-75(62)68/h8-17,19-46H,6-7,18H2,1-5H3. The molecule has 0 fully saturated rings. The number of anilines is 6. The number of hydrogen-bond acceptors (Lipinski definition) is 4. The summed E-state index contributed by atoms with van der Waals surface area (Å²) in [7, 11) is 0. The Morgan fingerprint density at radius 1 is 0.366 bits per heavy atom. The van der Waals surface area contributed by atoms with Crippen molar-refractivity contribution >= 4 is 138 Å². The Bertz CT molecular complexity index is 5190. The summed E-state index contributed by atoms with van der Waals surface area (Å²) < 4.78 is 16.5. The molecule has 394 valence electrons. The van der Waals surface area contributed by atoms with E-state index in [-0.39, 0.29) is 5.41 Å². The minimum absolute atomic E-state index is 0.0551. The highest BCUT2D eigenvalue weighted by atomic mass is 16.3. The molecule has 0 aliphatic rings. The lowest BCUT2D eigenvalue weighted by Crippen LogP contribution is -2.10. The zero-order chi connectivity index (χ0) is 55.0. The number of para-hydroxylation sites is 6. The average Bonchev–Trinajstić information content (AvgIpc) is 3.77. The van der Waals surface area contributed by atoms with E-state index in [9.17, 15) is 0 Å². The fourth-order valence-corrected chi connectivity index (χ4v) is 13.4. The van der Waals surface area contributed by atoms with Crippen molar-refractivity contribution in [3.05, 3.63) is 247 Å². The second-order valence-corrected chi connectivity index (χ2v) is 23.4. The van der Waals surface area contributed by atoms with Crippen molar-refractivity contribution < 1.29 is 8.83 Å². The van der Waals surface area contributed by atoms with Gasteiger partial charge in [0.25, 0.3) is 0 Å². The molecule has 16 aromatic rings. The van der Waals surface area contributed by atoms with Gasteiger partial charge in [-0.05, 0) is 165 Å². The first-order chi connectivity index (χ1) is 40.2. The van der Waals surface area contributed by atoms with Crippen molar-refractivity contribution in [1.29, 1.82) is 0 Å². The van der Waals surface area contributed by atoms with E-state index in [4.69, 9.17) is 8.83 Å². The molecule has 0 radical (unpaired) electrons. The largest absolute Gasteiger partial charge is 0.454 e. The molecular weight excluding hydrogens is 999 g/mol. The predicted molar refractivity (Wildman–Crippen MR) is 348 cm³/mol. The molecule has 0 atom stereocenters. The van der Waals surface area contributed by atoms with E-state index in [2.05, 4.69) is 279 Å². The molecule has 0 aliphatic heterocycles. The molecule has 5 nitrogen and oxygen atoms in total. The van der Waals surface area contributed by atoms with Crippen molar-refractivity contribution in [3.63, 3.8) is 0 Å². The Kier molecular flexibility index (Phi) is 10.8. The van der Waals surface area contributed by atoms with Gasteiger partial charge in [-0.1, -0.05) is 174 Å². The van der Waals surface area contributed by atoms with Crippen LogP contribution in [0.25, 0.3) is 115 Å². The summed E-state index contributed by atoms with van der Waals surface area (Å²) in [4.78, 5) is 4.73. The summed E-state index contributed by atoms with van der Waals surface area (Å²) in [5, 5.41) is 14.2. The van der Waals surface area contributed by atoms with E-state index in [0.717, 1.165) is 108 Å². The van der Waals surface area contributed by atoms with Gasteiger partial charge in [0.05, 0.1) is 27.9 Å². The van der Waals surface area contributed by atoms with Gasteiger partial charge in [-0.3, -0.25) is 0 Å². The quantitative estimate of drug-likeness (QED) is 0.137. The van der Waals surface area contributed by atoms with Crippen molar-refractivity contribution in [2.45, 2.75) is 59.3 Å². The third kappa shape index (κ3) is 7.39. The van der Waals surface area contributed by atoms with Crippen LogP contribution in [0, 0.1) is 0 Å². The van der Waals surface area contributed by atoms with Crippen LogP contribution in [0.15, 0.2) is 239 Å². The third-order valence-electron chi connectivity index (χ3n) is 17.5. The van der Waals surface area contributed by atoms with Crippen LogP contribution in [0.1, 0.15) is 57.7 Å². The molecule has 4 heterocycles. The van der Waals surface area contributed by atoms with Gasteiger partial charge in [-0.2, -0.15) is 0 Å². The number of fused-ring (bicyclic) bond motifs is 14. The number of nitrogens with zero attached hydrogens (tertiary/aromatic N) is 3. The lowest BCUT2D eigenvalue weighted by Gasteiger charge is -2.26. The van der Waals surface area contributed by atoms with Crippen LogP contribution in [-0.4, -0.2) is 4.40 Å². The molecule has 0 N–H and O–H groups in total. The van der Waals surface area contributed by atoms with Crippen LogP contribution in [0.5, 0.6) is 0 Å². The molecule has 12 aromatic carbocycles. The minimum Gasteiger partial charge on any atom is -0.454 e. The van der Waals surface area contributed by atoms with E-state index in [1.165, 1.54) is 76.7 Å². The molecule has 0 unspecified atom stereocenters. The monoisotopic (exact) mass is 1060 g/mol. The molecular formula is C77H59N3O2. The molecule has 16 rings (SSSR count). The lowest BCUT2D eigenvalue weighted by molar-refractivity contribution is 0.590. The predicted octanol–water partition coefficient (Wildman–Crippen LogP) is 22.4. The summed E-state index contributed by atoms with van der Waals surface area (Å²) in [6.07, 6.45) is 2.91.